The summed E-state index contributed by atoms with van der Waals surface area (Å²) in [5, 5.41) is 3.64. The Balaban J connectivity index is 1.70. The van der Waals surface area contributed by atoms with Crippen molar-refractivity contribution in [3.8, 4) is 0 Å². The van der Waals surface area contributed by atoms with Crippen LogP contribution >= 0.6 is 11.3 Å². The number of hydrogen-bond acceptors (Lipinski definition) is 6. The van der Waals surface area contributed by atoms with Crippen molar-refractivity contribution in [3.05, 3.63) is 53.0 Å². The lowest BCUT2D eigenvalue weighted by atomic mass is 10.2. The largest absolute Gasteiger partial charge is 0.325 e. The monoisotopic (exact) mass is 417 g/mol. The van der Waals surface area contributed by atoms with Crippen LogP contribution < -0.4 is 10.0 Å². The van der Waals surface area contributed by atoms with E-state index in [4.69, 9.17) is 0 Å². The average Bonchev–Trinajstić information content (AvgIpc) is 3.00. The number of fused-ring (bicyclic) bond motifs is 1. The Morgan fingerprint density at radius 2 is 1.79 bits per heavy atom. The molecule has 2 N–H and O–H groups in total. The molecule has 0 aliphatic heterocycles. The minimum absolute atomic E-state index is 0.0151. The number of ketones is 1. The van der Waals surface area contributed by atoms with Gasteiger partial charge in [0.2, 0.25) is 15.9 Å². The van der Waals surface area contributed by atoms with Crippen LogP contribution in [-0.2, 0) is 14.8 Å². The number of aromatic nitrogens is 1. The number of anilines is 1. The van der Waals surface area contributed by atoms with Crippen molar-refractivity contribution < 1.29 is 18.0 Å². The van der Waals surface area contributed by atoms with Crippen molar-refractivity contribution in [1.29, 1.82) is 0 Å². The Morgan fingerprint density at radius 1 is 1.11 bits per heavy atom. The number of aryl methyl sites for hydroxylation is 1. The molecule has 146 valence electrons. The first-order chi connectivity index (χ1) is 13.2. The van der Waals surface area contributed by atoms with Crippen molar-refractivity contribution in [3.63, 3.8) is 0 Å². The van der Waals surface area contributed by atoms with E-state index in [-0.39, 0.29) is 10.7 Å². The number of thiazole rings is 1. The number of Topliss-reactive ketones (excluding diaryl/α,β-unsaturated/α-hetero) is 1. The summed E-state index contributed by atoms with van der Waals surface area (Å²) in [6, 6.07) is 9.90. The molecule has 0 fully saturated rings. The average molecular weight is 418 g/mol. The van der Waals surface area contributed by atoms with Gasteiger partial charge < -0.3 is 5.32 Å². The Kier molecular flexibility index (Phi) is 5.59. The first kappa shape index (κ1) is 20.1. The van der Waals surface area contributed by atoms with Crippen LogP contribution in [0.4, 0.5) is 5.69 Å². The van der Waals surface area contributed by atoms with Gasteiger partial charge in [0.1, 0.15) is 0 Å². The molecule has 2 aromatic carbocycles. The lowest BCUT2D eigenvalue weighted by molar-refractivity contribution is -0.117. The fourth-order valence-corrected chi connectivity index (χ4v) is 4.66. The van der Waals surface area contributed by atoms with E-state index in [0.29, 0.717) is 11.3 Å². The van der Waals surface area contributed by atoms with E-state index in [9.17, 15) is 18.0 Å². The number of carbonyl (C=O) groups excluding carboxylic acids is 2. The van der Waals surface area contributed by atoms with Crippen molar-refractivity contribution in [1.82, 2.24) is 9.71 Å². The molecule has 0 aliphatic rings. The van der Waals surface area contributed by atoms with Crippen LogP contribution in [0.5, 0.6) is 0 Å². The summed E-state index contributed by atoms with van der Waals surface area (Å²) in [6.07, 6.45) is 0. The van der Waals surface area contributed by atoms with Gasteiger partial charge in [0, 0.05) is 11.3 Å². The number of rotatable bonds is 6. The van der Waals surface area contributed by atoms with E-state index < -0.39 is 22.0 Å². The number of nitrogens with zero attached hydrogens (tertiary/aromatic N) is 1. The van der Waals surface area contributed by atoms with Crippen LogP contribution in [0.2, 0.25) is 0 Å². The topological polar surface area (TPSA) is 105 Å². The minimum atomic E-state index is -3.90. The number of nitrogens with one attached hydrogen (secondary N) is 2. The van der Waals surface area contributed by atoms with Gasteiger partial charge >= 0.3 is 0 Å². The maximum Gasteiger partial charge on any atom is 0.242 e. The number of sulfonamides is 1. The highest BCUT2D eigenvalue weighted by molar-refractivity contribution is 7.89. The fraction of sp³-hybridized carbons (Fsp3) is 0.211. The zero-order chi connectivity index (χ0) is 20.5. The van der Waals surface area contributed by atoms with Gasteiger partial charge in [-0.25, -0.2) is 13.4 Å². The van der Waals surface area contributed by atoms with Crippen molar-refractivity contribution >= 4 is 49.0 Å². The molecular formula is C19H19N3O4S2. The maximum atomic E-state index is 12.5. The summed E-state index contributed by atoms with van der Waals surface area (Å²) >= 11 is 1.51. The number of amides is 1. The first-order valence-corrected chi connectivity index (χ1v) is 10.8. The molecule has 3 aromatic rings. The molecule has 0 unspecified atom stereocenters. The molecule has 0 radical (unpaired) electrons. The van der Waals surface area contributed by atoms with Gasteiger partial charge in [-0.15, -0.1) is 11.3 Å². The van der Waals surface area contributed by atoms with Gasteiger partial charge in [-0.05, 0) is 51.1 Å². The highest BCUT2D eigenvalue weighted by Gasteiger charge is 2.22. The van der Waals surface area contributed by atoms with Crippen LogP contribution in [-0.4, -0.2) is 31.1 Å². The van der Waals surface area contributed by atoms with E-state index in [2.05, 4.69) is 15.0 Å². The predicted octanol–water partition coefficient (Wildman–Crippen LogP) is 3.11. The summed E-state index contributed by atoms with van der Waals surface area (Å²) in [5.74, 6) is -0.637. The second-order valence-electron chi connectivity index (χ2n) is 6.33. The lowest BCUT2D eigenvalue weighted by Crippen LogP contribution is -2.41. The molecular weight excluding hydrogens is 398 g/mol. The third-order valence-corrected chi connectivity index (χ3v) is 6.55. The number of hydrogen-bond donors (Lipinski definition) is 2. The SMILES string of the molecule is CC(=O)c1ccc(S(=O)(=O)N[C@@H](C)C(=O)Nc2ccc3nc(C)sc3c2)cc1. The van der Waals surface area contributed by atoms with Crippen molar-refractivity contribution in [2.24, 2.45) is 0 Å². The van der Waals surface area contributed by atoms with Gasteiger partial charge in [0.15, 0.2) is 5.78 Å². The van der Waals surface area contributed by atoms with E-state index in [1.54, 1.807) is 18.2 Å². The molecule has 1 heterocycles. The third-order valence-electron chi connectivity index (χ3n) is 4.06. The molecule has 7 nitrogen and oxygen atoms in total. The molecule has 0 bridgehead atoms. The molecule has 0 saturated heterocycles. The summed E-state index contributed by atoms with van der Waals surface area (Å²) < 4.78 is 28.2. The number of carbonyl (C=O) groups is 2. The summed E-state index contributed by atoms with van der Waals surface area (Å²) in [6.45, 7) is 4.77. The van der Waals surface area contributed by atoms with Crippen LogP contribution in [0.15, 0.2) is 47.4 Å². The Labute approximate surface area is 166 Å². The molecule has 1 atom stereocenters. The van der Waals surface area contributed by atoms with Gasteiger partial charge in [-0.1, -0.05) is 12.1 Å². The highest BCUT2D eigenvalue weighted by Crippen LogP contribution is 2.24. The molecule has 0 spiro atoms. The second kappa shape index (κ2) is 7.78. The van der Waals surface area contributed by atoms with Gasteiger partial charge in [-0.2, -0.15) is 4.72 Å². The highest BCUT2D eigenvalue weighted by atomic mass is 32.2. The van der Waals surface area contributed by atoms with Gasteiger partial charge in [-0.3, -0.25) is 9.59 Å². The van der Waals surface area contributed by atoms with Gasteiger partial charge in [0.25, 0.3) is 0 Å². The summed E-state index contributed by atoms with van der Waals surface area (Å²) in [5.41, 5.74) is 1.83. The Bertz CT molecular complexity index is 1150. The summed E-state index contributed by atoms with van der Waals surface area (Å²) in [4.78, 5) is 28.1. The predicted molar refractivity (Wildman–Crippen MR) is 109 cm³/mol. The second-order valence-corrected chi connectivity index (χ2v) is 9.28. The molecule has 28 heavy (non-hydrogen) atoms. The van der Waals surface area contributed by atoms with Crippen LogP contribution in [0.3, 0.4) is 0 Å². The molecule has 1 aromatic heterocycles. The number of benzene rings is 2. The smallest absolute Gasteiger partial charge is 0.242 e. The first-order valence-electron chi connectivity index (χ1n) is 8.47. The molecule has 9 heteroatoms. The lowest BCUT2D eigenvalue weighted by Gasteiger charge is -2.14. The van der Waals surface area contributed by atoms with E-state index in [1.807, 2.05) is 6.92 Å². The van der Waals surface area contributed by atoms with E-state index in [0.717, 1.165) is 15.2 Å². The van der Waals surface area contributed by atoms with Crippen molar-refractivity contribution in [2.75, 3.05) is 5.32 Å². The molecule has 3 rings (SSSR count). The molecule has 0 aliphatic carbocycles. The molecule has 1 amide bonds. The zero-order valence-electron chi connectivity index (χ0n) is 15.5. The van der Waals surface area contributed by atoms with Crippen LogP contribution in [0.25, 0.3) is 10.2 Å². The van der Waals surface area contributed by atoms with Crippen LogP contribution in [0, 0.1) is 6.92 Å². The standard InChI is InChI=1S/C19H19N3O4S2/c1-11(22-28(25,26)16-7-4-14(5-8-16)12(2)23)19(24)21-15-6-9-17-18(10-15)27-13(3)20-17/h4-11,22H,1-3H3,(H,21,24)/t11-/m0/s1. The quantitative estimate of drug-likeness (QED) is 0.600. The Hall–Kier alpha value is -2.62. The van der Waals surface area contributed by atoms with Gasteiger partial charge in [0.05, 0.1) is 26.2 Å². The molecule has 0 saturated carbocycles. The van der Waals surface area contributed by atoms with Crippen molar-refractivity contribution in [2.45, 2.75) is 31.7 Å². The fourth-order valence-electron chi connectivity index (χ4n) is 2.59. The normalized spacial score (nSPS) is 12.7. The minimum Gasteiger partial charge on any atom is -0.325 e. The van der Waals surface area contributed by atoms with E-state index >= 15 is 0 Å². The zero-order valence-corrected chi connectivity index (χ0v) is 17.1. The Morgan fingerprint density at radius 3 is 2.43 bits per heavy atom. The summed E-state index contributed by atoms with van der Waals surface area (Å²) in [7, 11) is -3.90. The van der Waals surface area contributed by atoms with Crippen LogP contribution in [0.1, 0.15) is 29.2 Å². The third kappa shape index (κ3) is 4.44. The maximum absolute atomic E-state index is 12.5. The van der Waals surface area contributed by atoms with E-state index in [1.165, 1.54) is 49.4 Å².